The average Bonchev–Trinajstić information content (AvgIpc) is 1.69. The Kier molecular flexibility index (Phi) is 5.11. The normalized spacial score (nSPS) is 10.4. The molecule has 0 aliphatic carbocycles. The van der Waals surface area contributed by atoms with Gasteiger partial charge in [0.05, 0.1) is 6.61 Å². The summed E-state index contributed by atoms with van der Waals surface area (Å²) < 4.78 is 0. The lowest BCUT2D eigenvalue weighted by atomic mass is 10.3. The maximum atomic E-state index is 9.67. The Hall–Kier alpha value is -0.500. The maximum Gasteiger partial charge on any atom is 0.138 e. The molecule has 2 heteroatoms. The van der Waals surface area contributed by atoms with Crippen LogP contribution in [0.3, 0.4) is 0 Å². The first-order chi connectivity index (χ1) is 3.41. The Morgan fingerprint density at radius 2 is 2.14 bits per heavy atom. The predicted molar refractivity (Wildman–Crippen MR) is 24.6 cm³/mol. The van der Waals surface area contributed by atoms with Crippen LogP contribution in [0.5, 0.6) is 0 Å². The topological polar surface area (TPSA) is 39.8 Å². The van der Waals surface area contributed by atoms with Crippen LogP contribution < -0.4 is 0 Å². The summed E-state index contributed by atoms with van der Waals surface area (Å²) in [4.78, 5) is 0. The largest absolute Gasteiger partial charge is 0.299 e. The van der Waals surface area contributed by atoms with Gasteiger partial charge in [0, 0.05) is 0 Å². The van der Waals surface area contributed by atoms with E-state index in [0.29, 0.717) is 12.8 Å². The van der Waals surface area contributed by atoms with Gasteiger partial charge < -0.3 is 0 Å². The summed E-state index contributed by atoms with van der Waals surface area (Å²) >= 11 is 0. The van der Waals surface area contributed by atoms with E-state index in [1.807, 2.05) is 0 Å². The third-order valence-corrected chi connectivity index (χ3v) is 0.611. The van der Waals surface area contributed by atoms with E-state index in [0.717, 1.165) is 6.26 Å². The van der Waals surface area contributed by atoms with Crippen LogP contribution in [-0.4, -0.2) is 6.61 Å². The van der Waals surface area contributed by atoms with Gasteiger partial charge in [0.2, 0.25) is 0 Å². The molecule has 2 nitrogen and oxygen atoms in total. The van der Waals surface area contributed by atoms with Crippen molar-refractivity contribution in [1.29, 1.82) is 0 Å². The third kappa shape index (κ3) is 5.50. The van der Waals surface area contributed by atoms with Gasteiger partial charge in [-0.05, 0) is 18.9 Å². The fraction of sp³-hybridized carbons (Fsp3) is 0.600. The van der Waals surface area contributed by atoms with Gasteiger partial charge in [-0.1, -0.05) is 0 Å². The molecule has 0 heterocycles. The molecule has 0 saturated carbocycles. The summed E-state index contributed by atoms with van der Waals surface area (Å²) in [5, 5.41) is 19.2. The fourth-order valence-corrected chi connectivity index (χ4v) is 0.269. The van der Waals surface area contributed by atoms with Gasteiger partial charge in [0.25, 0.3) is 0 Å². The Morgan fingerprint density at radius 3 is 2.57 bits per heavy atom. The second-order valence-corrected chi connectivity index (χ2v) is 1.22. The lowest BCUT2D eigenvalue weighted by Crippen LogP contribution is -1.75. The maximum absolute atomic E-state index is 9.67. The summed E-state index contributed by atoms with van der Waals surface area (Å²) in [5.41, 5.74) is 0. The van der Waals surface area contributed by atoms with Gasteiger partial charge in [0.15, 0.2) is 0 Å². The molecule has 0 unspecified atom stereocenters. The lowest BCUT2D eigenvalue weighted by molar-refractivity contribution is 0.190. The standard InChI is InChI=1S/C5H8O2/c6-4-2-1-3-5-7/h2,4H,1,3,5H2. The van der Waals surface area contributed by atoms with Crippen LogP contribution in [-0.2, 0) is 10.2 Å². The molecule has 2 radical (unpaired) electrons. The first-order valence-electron chi connectivity index (χ1n) is 2.27. The van der Waals surface area contributed by atoms with Crippen LogP contribution in [0, 0.1) is 0 Å². The monoisotopic (exact) mass is 100 g/mol. The summed E-state index contributed by atoms with van der Waals surface area (Å²) in [6.45, 7) is -0.0790. The minimum absolute atomic E-state index is 0.0790. The molecule has 0 aliphatic rings. The van der Waals surface area contributed by atoms with Crippen molar-refractivity contribution in [2.24, 2.45) is 0 Å². The van der Waals surface area contributed by atoms with Gasteiger partial charge in [-0.3, -0.25) is 5.11 Å². The fourth-order valence-electron chi connectivity index (χ4n) is 0.269. The molecule has 0 saturated heterocycles. The highest BCUT2D eigenvalue weighted by atomic mass is 16.3. The van der Waals surface area contributed by atoms with Crippen LogP contribution in [0.25, 0.3) is 0 Å². The second-order valence-electron chi connectivity index (χ2n) is 1.22. The zero-order valence-electron chi connectivity index (χ0n) is 4.09. The summed E-state index contributed by atoms with van der Waals surface area (Å²) in [6, 6.07) is 0. The number of allylic oxidation sites excluding steroid dienone is 1. The molecule has 0 amide bonds. The van der Waals surface area contributed by atoms with Crippen molar-refractivity contribution in [2.45, 2.75) is 12.8 Å². The zero-order valence-corrected chi connectivity index (χ0v) is 4.09. The van der Waals surface area contributed by atoms with Crippen LogP contribution in [0.4, 0.5) is 0 Å². The summed E-state index contributed by atoms with van der Waals surface area (Å²) in [7, 11) is 0. The molecule has 0 atom stereocenters. The van der Waals surface area contributed by atoms with E-state index in [1.54, 1.807) is 0 Å². The van der Waals surface area contributed by atoms with Crippen LogP contribution >= 0.6 is 0 Å². The molecular formula is C5H8O2. The van der Waals surface area contributed by atoms with Crippen molar-refractivity contribution in [1.82, 2.24) is 0 Å². The van der Waals surface area contributed by atoms with Crippen molar-refractivity contribution in [3.63, 3.8) is 0 Å². The van der Waals surface area contributed by atoms with E-state index in [4.69, 9.17) is 0 Å². The molecule has 0 aliphatic heterocycles. The quantitative estimate of drug-likeness (QED) is 0.377. The lowest BCUT2D eigenvalue weighted by Gasteiger charge is -1.80. The highest BCUT2D eigenvalue weighted by Gasteiger charge is 1.77. The Morgan fingerprint density at radius 1 is 1.43 bits per heavy atom. The molecule has 0 aromatic rings. The predicted octanol–water partition coefficient (Wildman–Crippen LogP) is 1.14. The van der Waals surface area contributed by atoms with Crippen molar-refractivity contribution in [3.8, 4) is 0 Å². The van der Waals surface area contributed by atoms with Crippen molar-refractivity contribution in [2.75, 3.05) is 6.61 Å². The minimum atomic E-state index is -0.0790. The SMILES string of the molecule is [O]C=CCCC[O]. The summed E-state index contributed by atoms with van der Waals surface area (Å²) in [5.74, 6) is 0. The Balaban J connectivity index is 2.69. The van der Waals surface area contributed by atoms with Crippen molar-refractivity contribution in [3.05, 3.63) is 12.3 Å². The number of rotatable bonds is 3. The second kappa shape index (κ2) is 5.50. The molecular weight excluding hydrogens is 92.1 g/mol. The van der Waals surface area contributed by atoms with Crippen molar-refractivity contribution >= 4 is 0 Å². The molecule has 0 fully saturated rings. The van der Waals surface area contributed by atoms with Crippen LogP contribution in [0.2, 0.25) is 0 Å². The van der Waals surface area contributed by atoms with Crippen molar-refractivity contribution < 1.29 is 10.2 Å². The van der Waals surface area contributed by atoms with E-state index in [1.165, 1.54) is 6.08 Å². The molecule has 0 aromatic carbocycles. The van der Waals surface area contributed by atoms with E-state index >= 15 is 0 Å². The molecule has 0 rings (SSSR count). The van der Waals surface area contributed by atoms with Gasteiger partial charge in [-0.25, -0.2) is 5.11 Å². The average molecular weight is 100 g/mol. The molecule has 7 heavy (non-hydrogen) atoms. The van der Waals surface area contributed by atoms with E-state index < -0.39 is 0 Å². The number of hydrogen-bond donors (Lipinski definition) is 0. The van der Waals surface area contributed by atoms with E-state index in [9.17, 15) is 10.2 Å². The minimum Gasteiger partial charge on any atom is -0.299 e. The van der Waals surface area contributed by atoms with Crippen LogP contribution in [0.15, 0.2) is 12.3 Å². The smallest absolute Gasteiger partial charge is 0.138 e. The Labute approximate surface area is 43.1 Å². The van der Waals surface area contributed by atoms with Gasteiger partial charge >= 0.3 is 0 Å². The first-order valence-corrected chi connectivity index (χ1v) is 2.27. The first kappa shape index (κ1) is 6.50. The summed E-state index contributed by atoms with van der Waals surface area (Å²) in [6.07, 6.45) is 3.39. The molecule has 0 spiro atoms. The zero-order chi connectivity index (χ0) is 5.54. The molecule has 0 N–H and O–H groups in total. The van der Waals surface area contributed by atoms with Gasteiger partial charge in [-0.15, -0.1) is 0 Å². The van der Waals surface area contributed by atoms with Crippen LogP contribution in [0.1, 0.15) is 12.8 Å². The Bertz CT molecular complexity index is 50.0. The third-order valence-electron chi connectivity index (χ3n) is 0.611. The molecule has 0 aromatic heterocycles. The van der Waals surface area contributed by atoms with E-state index in [-0.39, 0.29) is 6.61 Å². The van der Waals surface area contributed by atoms with Gasteiger partial charge in [-0.2, -0.15) is 0 Å². The highest BCUT2D eigenvalue weighted by Crippen LogP contribution is 1.86. The van der Waals surface area contributed by atoms with E-state index in [2.05, 4.69) is 0 Å². The number of unbranched alkanes of at least 4 members (excludes halogenated alkanes) is 1. The number of hydrogen-bond acceptors (Lipinski definition) is 0. The molecule has 40 valence electrons. The highest BCUT2D eigenvalue weighted by molar-refractivity contribution is 4.69. The molecule has 0 bridgehead atoms. The van der Waals surface area contributed by atoms with Gasteiger partial charge in [0.1, 0.15) is 6.26 Å².